The first-order chi connectivity index (χ1) is 5.07. The van der Waals surface area contributed by atoms with Gasteiger partial charge in [-0.1, -0.05) is 11.2 Å². The SMILES string of the molecule is CN[C@@H](CC[S+](C)[O-])C(=O)O.Cl. The molecule has 0 amide bonds. The maximum Gasteiger partial charge on any atom is 0.320 e. The van der Waals surface area contributed by atoms with Crippen molar-refractivity contribution in [3.05, 3.63) is 0 Å². The highest BCUT2D eigenvalue weighted by Gasteiger charge is 2.15. The summed E-state index contributed by atoms with van der Waals surface area (Å²) < 4.78 is 10.6. The van der Waals surface area contributed by atoms with Gasteiger partial charge in [-0.2, -0.15) is 0 Å². The molecule has 2 atom stereocenters. The van der Waals surface area contributed by atoms with Gasteiger partial charge in [0.25, 0.3) is 0 Å². The van der Waals surface area contributed by atoms with Crippen molar-refractivity contribution in [3.8, 4) is 0 Å². The molecule has 12 heavy (non-hydrogen) atoms. The Hall–Kier alpha value is 0.0300. The third kappa shape index (κ3) is 6.72. The molecule has 2 N–H and O–H groups in total. The van der Waals surface area contributed by atoms with Crippen LogP contribution in [-0.2, 0) is 16.0 Å². The van der Waals surface area contributed by atoms with Gasteiger partial charge in [-0.15, -0.1) is 12.4 Å². The van der Waals surface area contributed by atoms with E-state index in [0.717, 1.165) is 0 Å². The minimum atomic E-state index is -0.908. The monoisotopic (exact) mass is 215 g/mol. The van der Waals surface area contributed by atoms with E-state index < -0.39 is 23.2 Å². The Balaban J connectivity index is 0. The van der Waals surface area contributed by atoms with Crippen LogP contribution in [0.1, 0.15) is 6.42 Å². The molecule has 0 aliphatic heterocycles. The molecule has 0 radical (unpaired) electrons. The zero-order chi connectivity index (χ0) is 8.85. The Morgan fingerprint density at radius 3 is 2.50 bits per heavy atom. The first-order valence-corrected chi connectivity index (χ1v) is 5.00. The Morgan fingerprint density at radius 1 is 1.75 bits per heavy atom. The van der Waals surface area contributed by atoms with E-state index in [2.05, 4.69) is 5.32 Å². The summed E-state index contributed by atoms with van der Waals surface area (Å²) in [5.74, 6) is -0.462. The summed E-state index contributed by atoms with van der Waals surface area (Å²) in [5, 5.41) is 11.1. The van der Waals surface area contributed by atoms with Crippen molar-refractivity contribution in [2.75, 3.05) is 19.1 Å². The van der Waals surface area contributed by atoms with Gasteiger partial charge in [0, 0.05) is 6.42 Å². The topological polar surface area (TPSA) is 72.4 Å². The summed E-state index contributed by atoms with van der Waals surface area (Å²) in [6.45, 7) is 0. The number of carboxylic acid groups (broad SMARTS) is 1. The standard InChI is InChI=1S/C6H13NO3S.ClH/c1-7-5(6(8)9)3-4-11(2)10;/h5,7H,3-4H2,1-2H3,(H,8,9);1H/t5-,11?;/m0./s1. The zero-order valence-corrected chi connectivity index (χ0v) is 8.70. The molecule has 0 spiro atoms. The predicted octanol–water partition coefficient (Wildman–Crippen LogP) is -0.151. The summed E-state index contributed by atoms with van der Waals surface area (Å²) in [6, 6.07) is -0.570. The Bertz CT molecular complexity index is 134. The smallest absolute Gasteiger partial charge is 0.320 e. The van der Waals surface area contributed by atoms with Gasteiger partial charge in [0.05, 0.1) is 6.26 Å². The second kappa shape index (κ2) is 7.67. The van der Waals surface area contributed by atoms with Crippen LogP contribution < -0.4 is 5.32 Å². The fraction of sp³-hybridized carbons (Fsp3) is 0.833. The summed E-state index contributed by atoms with van der Waals surface area (Å²) >= 11 is -0.908. The first kappa shape index (κ1) is 14.5. The average Bonchev–Trinajstić information content (AvgIpc) is 1.87. The average molecular weight is 216 g/mol. The van der Waals surface area contributed by atoms with Crippen LogP contribution in [0.3, 0.4) is 0 Å². The highest BCUT2D eigenvalue weighted by molar-refractivity contribution is 7.90. The molecule has 0 aromatic rings. The molecule has 0 aromatic carbocycles. The van der Waals surface area contributed by atoms with E-state index >= 15 is 0 Å². The Morgan fingerprint density at radius 2 is 2.25 bits per heavy atom. The third-order valence-corrected chi connectivity index (χ3v) is 2.15. The van der Waals surface area contributed by atoms with Crippen molar-refractivity contribution < 1.29 is 14.5 Å². The molecule has 6 heteroatoms. The number of aliphatic carboxylic acids is 1. The van der Waals surface area contributed by atoms with Gasteiger partial charge in [0.1, 0.15) is 11.8 Å². The lowest BCUT2D eigenvalue weighted by Gasteiger charge is -2.10. The number of nitrogens with one attached hydrogen (secondary N) is 1. The number of carbonyl (C=O) groups is 1. The molecule has 4 nitrogen and oxygen atoms in total. The van der Waals surface area contributed by atoms with E-state index in [4.69, 9.17) is 5.11 Å². The van der Waals surface area contributed by atoms with E-state index in [1.807, 2.05) is 0 Å². The van der Waals surface area contributed by atoms with Crippen molar-refractivity contribution in [2.24, 2.45) is 0 Å². The maximum atomic E-state index is 10.6. The van der Waals surface area contributed by atoms with Gasteiger partial charge in [0.15, 0.2) is 0 Å². The molecular weight excluding hydrogens is 202 g/mol. The van der Waals surface area contributed by atoms with Crippen LogP contribution in [0.2, 0.25) is 0 Å². The lowest BCUT2D eigenvalue weighted by Crippen LogP contribution is -2.35. The van der Waals surface area contributed by atoms with Crippen molar-refractivity contribution in [1.82, 2.24) is 5.32 Å². The van der Waals surface area contributed by atoms with Crippen LogP contribution in [-0.4, -0.2) is 40.7 Å². The highest BCUT2D eigenvalue weighted by atomic mass is 35.5. The normalized spacial score (nSPS) is 14.6. The van der Waals surface area contributed by atoms with E-state index in [9.17, 15) is 9.35 Å². The molecule has 0 bridgehead atoms. The summed E-state index contributed by atoms with van der Waals surface area (Å²) in [6.07, 6.45) is 1.98. The van der Waals surface area contributed by atoms with Crippen molar-refractivity contribution >= 4 is 29.6 Å². The fourth-order valence-electron chi connectivity index (χ4n) is 0.675. The molecular formula is C6H14ClNO3S. The zero-order valence-electron chi connectivity index (χ0n) is 7.07. The van der Waals surface area contributed by atoms with Crippen LogP contribution in [0.25, 0.3) is 0 Å². The molecule has 0 fully saturated rings. The molecule has 0 saturated heterocycles. The van der Waals surface area contributed by atoms with Crippen molar-refractivity contribution in [3.63, 3.8) is 0 Å². The fourth-order valence-corrected chi connectivity index (χ4v) is 1.24. The number of hydrogen-bond acceptors (Lipinski definition) is 3. The van der Waals surface area contributed by atoms with Gasteiger partial charge in [-0.25, -0.2) is 0 Å². The lowest BCUT2D eigenvalue weighted by atomic mass is 10.2. The number of likely N-dealkylation sites (N-methyl/N-ethyl adjacent to an activating group) is 1. The van der Waals surface area contributed by atoms with E-state index in [-0.39, 0.29) is 12.4 Å². The van der Waals surface area contributed by atoms with Crippen LogP contribution >= 0.6 is 12.4 Å². The van der Waals surface area contributed by atoms with Crippen molar-refractivity contribution in [2.45, 2.75) is 12.5 Å². The van der Waals surface area contributed by atoms with Gasteiger partial charge in [0.2, 0.25) is 0 Å². The molecule has 0 rings (SSSR count). The number of carboxylic acids is 1. The van der Waals surface area contributed by atoms with E-state index in [1.54, 1.807) is 13.3 Å². The van der Waals surface area contributed by atoms with Gasteiger partial charge < -0.3 is 15.0 Å². The third-order valence-electron chi connectivity index (χ3n) is 1.34. The molecule has 0 aliphatic rings. The summed E-state index contributed by atoms with van der Waals surface area (Å²) in [7, 11) is 1.58. The van der Waals surface area contributed by atoms with E-state index in [1.165, 1.54) is 0 Å². The Kier molecular flexibility index (Phi) is 9.30. The number of rotatable bonds is 5. The minimum absolute atomic E-state index is 0. The van der Waals surface area contributed by atoms with Crippen LogP contribution in [0.5, 0.6) is 0 Å². The first-order valence-electron chi connectivity index (χ1n) is 3.28. The second-order valence-electron chi connectivity index (χ2n) is 2.25. The lowest BCUT2D eigenvalue weighted by molar-refractivity contribution is -0.139. The second-order valence-corrected chi connectivity index (χ2v) is 3.80. The molecule has 0 saturated carbocycles. The molecule has 0 aliphatic carbocycles. The quantitative estimate of drug-likeness (QED) is 0.626. The Labute approximate surface area is 81.3 Å². The number of halogens is 1. The highest BCUT2D eigenvalue weighted by Crippen LogP contribution is 1.95. The maximum absolute atomic E-state index is 10.6. The van der Waals surface area contributed by atoms with Crippen LogP contribution in [0.4, 0.5) is 0 Å². The summed E-state index contributed by atoms with van der Waals surface area (Å²) in [5.41, 5.74) is 0. The minimum Gasteiger partial charge on any atom is -0.617 e. The van der Waals surface area contributed by atoms with Gasteiger partial charge in [-0.05, 0) is 7.05 Å². The van der Waals surface area contributed by atoms with Crippen molar-refractivity contribution in [1.29, 1.82) is 0 Å². The van der Waals surface area contributed by atoms with Gasteiger partial charge in [-0.3, -0.25) is 4.79 Å². The summed E-state index contributed by atoms with van der Waals surface area (Å²) in [4.78, 5) is 10.4. The predicted molar refractivity (Wildman–Crippen MR) is 51.3 cm³/mol. The molecule has 74 valence electrons. The molecule has 1 unspecified atom stereocenters. The molecule has 0 heterocycles. The van der Waals surface area contributed by atoms with Gasteiger partial charge >= 0.3 is 5.97 Å². The van der Waals surface area contributed by atoms with Crippen LogP contribution in [0.15, 0.2) is 0 Å². The number of hydrogen-bond donors (Lipinski definition) is 2. The largest absolute Gasteiger partial charge is 0.617 e. The molecule has 0 aromatic heterocycles. The van der Waals surface area contributed by atoms with E-state index in [0.29, 0.717) is 12.2 Å². The van der Waals surface area contributed by atoms with Crippen LogP contribution in [0, 0.1) is 0 Å².